The normalized spacial score (nSPS) is 10.7. The first kappa shape index (κ1) is 20.2. The van der Waals surface area contributed by atoms with Gasteiger partial charge in [0.15, 0.2) is 5.78 Å². The van der Waals surface area contributed by atoms with Gasteiger partial charge in [-0.15, -0.1) is 0 Å². The third-order valence-electron chi connectivity index (χ3n) is 4.58. The second kappa shape index (κ2) is 8.65. The molecule has 0 unspecified atom stereocenters. The molecule has 148 valence electrons. The maximum Gasteiger partial charge on any atom is 0.274 e. The molecule has 2 N–H and O–H groups in total. The Labute approximate surface area is 170 Å². The first-order valence-electron chi connectivity index (χ1n) is 9.47. The van der Waals surface area contributed by atoms with E-state index in [0.29, 0.717) is 23.1 Å². The predicted molar refractivity (Wildman–Crippen MR) is 115 cm³/mol. The molecule has 1 heterocycles. The monoisotopic (exact) mass is 388 g/mol. The number of ketones is 1. The fraction of sp³-hybridized carbons (Fsp3) is 0.217. The summed E-state index contributed by atoms with van der Waals surface area (Å²) in [6.45, 7) is 7.76. The SMILES string of the molecule is CC(=O)c1cccc(NC(=O)c2ccnc(Nc3c(C)cccc3C(C)C)n2)c1. The lowest BCUT2D eigenvalue weighted by Gasteiger charge is -2.16. The van der Waals surface area contributed by atoms with Gasteiger partial charge in [0.1, 0.15) is 5.69 Å². The minimum Gasteiger partial charge on any atom is -0.324 e. The Hall–Kier alpha value is -3.54. The Morgan fingerprint density at radius 2 is 1.79 bits per heavy atom. The van der Waals surface area contributed by atoms with E-state index in [1.54, 1.807) is 36.5 Å². The van der Waals surface area contributed by atoms with Crippen LogP contribution < -0.4 is 10.6 Å². The molecule has 0 saturated carbocycles. The zero-order valence-electron chi connectivity index (χ0n) is 17.0. The highest BCUT2D eigenvalue weighted by Crippen LogP contribution is 2.29. The van der Waals surface area contributed by atoms with Gasteiger partial charge in [-0.05, 0) is 49.1 Å². The summed E-state index contributed by atoms with van der Waals surface area (Å²) in [7, 11) is 0. The molecule has 29 heavy (non-hydrogen) atoms. The Balaban J connectivity index is 1.82. The molecular formula is C23H24N4O2. The van der Waals surface area contributed by atoms with Crippen LogP contribution in [0, 0.1) is 6.92 Å². The molecule has 0 saturated heterocycles. The smallest absolute Gasteiger partial charge is 0.274 e. The third-order valence-corrected chi connectivity index (χ3v) is 4.58. The van der Waals surface area contributed by atoms with Crippen LogP contribution in [0.5, 0.6) is 0 Å². The lowest BCUT2D eigenvalue weighted by molar-refractivity contribution is 0.100. The van der Waals surface area contributed by atoms with E-state index in [9.17, 15) is 9.59 Å². The van der Waals surface area contributed by atoms with E-state index in [1.165, 1.54) is 6.92 Å². The maximum absolute atomic E-state index is 12.6. The number of hydrogen-bond acceptors (Lipinski definition) is 5. The fourth-order valence-electron chi connectivity index (χ4n) is 3.01. The summed E-state index contributed by atoms with van der Waals surface area (Å²) in [5.74, 6) is 0.252. The van der Waals surface area contributed by atoms with Crippen molar-refractivity contribution in [2.45, 2.75) is 33.6 Å². The van der Waals surface area contributed by atoms with Crippen LogP contribution in [0.15, 0.2) is 54.7 Å². The van der Waals surface area contributed by atoms with Crippen molar-refractivity contribution in [2.24, 2.45) is 0 Å². The van der Waals surface area contributed by atoms with Gasteiger partial charge in [-0.2, -0.15) is 0 Å². The molecule has 0 aliphatic heterocycles. The number of carbonyl (C=O) groups is 2. The van der Waals surface area contributed by atoms with Gasteiger partial charge in [0.2, 0.25) is 5.95 Å². The van der Waals surface area contributed by atoms with Gasteiger partial charge in [-0.1, -0.05) is 44.2 Å². The predicted octanol–water partition coefficient (Wildman–Crippen LogP) is 5.11. The summed E-state index contributed by atoms with van der Waals surface area (Å²) in [4.78, 5) is 32.8. The van der Waals surface area contributed by atoms with Gasteiger partial charge in [0.25, 0.3) is 5.91 Å². The van der Waals surface area contributed by atoms with Crippen molar-refractivity contribution in [1.82, 2.24) is 9.97 Å². The molecule has 3 rings (SSSR count). The van der Waals surface area contributed by atoms with E-state index in [1.807, 2.05) is 19.1 Å². The van der Waals surface area contributed by atoms with E-state index >= 15 is 0 Å². The van der Waals surface area contributed by atoms with Crippen molar-refractivity contribution < 1.29 is 9.59 Å². The maximum atomic E-state index is 12.6. The number of nitrogens with zero attached hydrogens (tertiary/aromatic N) is 2. The molecule has 0 atom stereocenters. The number of aryl methyl sites for hydroxylation is 1. The number of hydrogen-bond donors (Lipinski definition) is 2. The highest BCUT2D eigenvalue weighted by molar-refractivity contribution is 6.04. The summed E-state index contributed by atoms with van der Waals surface area (Å²) in [6.07, 6.45) is 1.55. The van der Waals surface area contributed by atoms with E-state index in [2.05, 4.69) is 40.5 Å². The fourth-order valence-corrected chi connectivity index (χ4v) is 3.01. The van der Waals surface area contributed by atoms with E-state index in [0.717, 1.165) is 16.8 Å². The standard InChI is InChI=1S/C23H24N4O2/c1-14(2)19-10-5-7-15(3)21(19)27-23-24-12-11-20(26-23)22(29)25-18-9-6-8-17(13-18)16(4)28/h5-14H,1-4H3,(H,25,29)(H,24,26,27). The molecule has 3 aromatic rings. The highest BCUT2D eigenvalue weighted by atomic mass is 16.2. The largest absolute Gasteiger partial charge is 0.324 e. The Kier molecular flexibility index (Phi) is 6.02. The summed E-state index contributed by atoms with van der Waals surface area (Å²) in [5, 5.41) is 6.03. The Morgan fingerprint density at radius 3 is 2.52 bits per heavy atom. The molecular weight excluding hydrogens is 364 g/mol. The summed E-state index contributed by atoms with van der Waals surface area (Å²) < 4.78 is 0. The number of aromatic nitrogens is 2. The topological polar surface area (TPSA) is 84.0 Å². The molecule has 1 aromatic heterocycles. The average molecular weight is 388 g/mol. The molecule has 0 aliphatic carbocycles. The lowest BCUT2D eigenvalue weighted by atomic mass is 9.98. The van der Waals surface area contributed by atoms with Crippen molar-refractivity contribution in [3.8, 4) is 0 Å². The number of amides is 1. The zero-order chi connectivity index (χ0) is 21.0. The number of para-hydroxylation sites is 1. The second-order valence-electron chi connectivity index (χ2n) is 7.18. The minimum absolute atomic E-state index is 0.0613. The molecule has 0 fully saturated rings. The molecule has 6 heteroatoms. The molecule has 1 amide bonds. The quantitative estimate of drug-likeness (QED) is 0.574. The average Bonchev–Trinajstić information content (AvgIpc) is 2.69. The van der Waals surface area contributed by atoms with Crippen molar-refractivity contribution in [2.75, 3.05) is 10.6 Å². The molecule has 6 nitrogen and oxygen atoms in total. The van der Waals surface area contributed by atoms with Crippen LogP contribution in [-0.2, 0) is 0 Å². The second-order valence-corrected chi connectivity index (χ2v) is 7.18. The number of Topliss-reactive ketones (excluding diaryl/α,β-unsaturated/α-hetero) is 1. The molecule has 0 bridgehead atoms. The summed E-state index contributed by atoms with van der Waals surface area (Å²) >= 11 is 0. The van der Waals surface area contributed by atoms with Gasteiger partial charge < -0.3 is 10.6 Å². The van der Waals surface area contributed by atoms with Crippen molar-refractivity contribution in [1.29, 1.82) is 0 Å². The summed E-state index contributed by atoms with van der Waals surface area (Å²) in [6, 6.07) is 14.5. The molecule has 2 aromatic carbocycles. The van der Waals surface area contributed by atoms with Crippen LogP contribution in [0.2, 0.25) is 0 Å². The molecule has 0 aliphatic rings. The minimum atomic E-state index is -0.370. The van der Waals surface area contributed by atoms with Crippen LogP contribution in [0.1, 0.15) is 58.7 Å². The van der Waals surface area contributed by atoms with Gasteiger partial charge in [0, 0.05) is 23.1 Å². The molecule has 0 spiro atoms. The van der Waals surface area contributed by atoms with Crippen molar-refractivity contribution >= 4 is 29.0 Å². The number of carbonyl (C=O) groups excluding carboxylic acids is 2. The Bertz CT molecular complexity index is 1060. The number of nitrogens with one attached hydrogen (secondary N) is 2. The Morgan fingerprint density at radius 1 is 1.03 bits per heavy atom. The van der Waals surface area contributed by atoms with E-state index in [4.69, 9.17) is 0 Å². The number of rotatable bonds is 6. The highest BCUT2D eigenvalue weighted by Gasteiger charge is 2.13. The van der Waals surface area contributed by atoms with Crippen LogP contribution in [0.3, 0.4) is 0 Å². The summed E-state index contributed by atoms with van der Waals surface area (Å²) in [5.41, 5.74) is 4.50. The molecule has 0 radical (unpaired) electrons. The van der Waals surface area contributed by atoms with Crippen LogP contribution in [-0.4, -0.2) is 21.7 Å². The van der Waals surface area contributed by atoms with Gasteiger partial charge in [-0.25, -0.2) is 9.97 Å². The van der Waals surface area contributed by atoms with Crippen LogP contribution in [0.25, 0.3) is 0 Å². The zero-order valence-corrected chi connectivity index (χ0v) is 17.0. The van der Waals surface area contributed by atoms with E-state index in [-0.39, 0.29) is 17.4 Å². The van der Waals surface area contributed by atoms with Crippen molar-refractivity contribution in [3.05, 3.63) is 77.1 Å². The van der Waals surface area contributed by atoms with E-state index < -0.39 is 0 Å². The third kappa shape index (κ3) is 4.85. The van der Waals surface area contributed by atoms with Gasteiger partial charge in [0.05, 0.1) is 0 Å². The van der Waals surface area contributed by atoms with Crippen LogP contribution in [0.4, 0.5) is 17.3 Å². The lowest BCUT2D eigenvalue weighted by Crippen LogP contribution is -2.15. The van der Waals surface area contributed by atoms with Crippen molar-refractivity contribution in [3.63, 3.8) is 0 Å². The number of benzene rings is 2. The van der Waals surface area contributed by atoms with Gasteiger partial charge >= 0.3 is 0 Å². The number of anilines is 3. The van der Waals surface area contributed by atoms with Crippen LogP contribution >= 0.6 is 0 Å². The first-order valence-corrected chi connectivity index (χ1v) is 9.47. The van der Waals surface area contributed by atoms with Gasteiger partial charge in [-0.3, -0.25) is 9.59 Å². The first-order chi connectivity index (χ1) is 13.8.